The van der Waals surface area contributed by atoms with Gasteiger partial charge in [-0.15, -0.1) is 0 Å². The maximum Gasteiger partial charge on any atom is 0.329 e. The van der Waals surface area contributed by atoms with Gasteiger partial charge < -0.3 is 15.7 Å². The first-order valence-corrected chi connectivity index (χ1v) is 5.98. The van der Waals surface area contributed by atoms with Crippen LogP contribution in [0.15, 0.2) is 30.3 Å². The highest BCUT2D eigenvalue weighted by molar-refractivity contribution is 5.92. The Kier molecular flexibility index (Phi) is 4.00. The van der Waals surface area contributed by atoms with E-state index in [4.69, 9.17) is 10.8 Å². The Bertz CT molecular complexity index is 481. The van der Waals surface area contributed by atoms with Crippen LogP contribution >= 0.6 is 0 Å². The van der Waals surface area contributed by atoms with E-state index in [1.165, 1.54) is 25.8 Å². The number of amides is 1. The average Bonchev–Trinajstić information content (AvgIpc) is 2.37. The second-order valence-electron chi connectivity index (χ2n) is 5.30. The minimum atomic E-state index is -1.31. The van der Waals surface area contributed by atoms with Gasteiger partial charge in [0, 0.05) is 7.05 Å². The quantitative estimate of drug-likeness (QED) is 0.855. The summed E-state index contributed by atoms with van der Waals surface area (Å²) in [6.45, 7) is 4.52. The monoisotopic (exact) mass is 264 g/mol. The van der Waals surface area contributed by atoms with Crippen LogP contribution < -0.4 is 5.73 Å². The second kappa shape index (κ2) is 5.01. The van der Waals surface area contributed by atoms with E-state index in [9.17, 15) is 9.59 Å². The fourth-order valence-electron chi connectivity index (χ4n) is 1.65. The van der Waals surface area contributed by atoms with Crippen LogP contribution in [-0.2, 0) is 15.1 Å². The van der Waals surface area contributed by atoms with Crippen LogP contribution in [0.4, 0.5) is 0 Å². The molecule has 0 saturated heterocycles. The molecule has 0 saturated carbocycles. The minimum absolute atomic E-state index is 0.439. The number of nitrogens with two attached hydrogens (primary N) is 1. The first-order chi connectivity index (χ1) is 8.61. The van der Waals surface area contributed by atoms with Gasteiger partial charge in [-0.05, 0) is 26.3 Å². The Morgan fingerprint density at radius 3 is 2.05 bits per heavy atom. The van der Waals surface area contributed by atoms with Crippen LogP contribution in [-0.4, -0.2) is 34.5 Å². The lowest BCUT2D eigenvalue weighted by Crippen LogP contribution is -2.58. The molecule has 0 bridgehead atoms. The number of hydrogen-bond acceptors (Lipinski definition) is 3. The molecule has 0 spiro atoms. The molecular weight excluding hydrogens is 244 g/mol. The van der Waals surface area contributed by atoms with Gasteiger partial charge in [0.1, 0.15) is 11.1 Å². The van der Waals surface area contributed by atoms with Crippen molar-refractivity contribution in [2.45, 2.75) is 31.8 Å². The Morgan fingerprint density at radius 2 is 1.63 bits per heavy atom. The zero-order chi connectivity index (χ0) is 14.8. The summed E-state index contributed by atoms with van der Waals surface area (Å²) in [7, 11) is 1.45. The van der Waals surface area contributed by atoms with Gasteiger partial charge in [-0.2, -0.15) is 0 Å². The summed E-state index contributed by atoms with van der Waals surface area (Å²) in [5.74, 6) is -1.52. The molecule has 0 fully saturated rings. The van der Waals surface area contributed by atoms with Crippen molar-refractivity contribution in [3.8, 4) is 0 Å². The van der Waals surface area contributed by atoms with Gasteiger partial charge in [0.15, 0.2) is 0 Å². The number of carbonyl (C=O) groups excluding carboxylic acids is 1. The fourth-order valence-corrected chi connectivity index (χ4v) is 1.65. The molecule has 1 unspecified atom stereocenters. The molecule has 1 aromatic carbocycles. The molecule has 0 aliphatic heterocycles. The summed E-state index contributed by atoms with van der Waals surface area (Å²) in [4.78, 5) is 24.8. The molecule has 1 rings (SSSR count). The third-order valence-corrected chi connectivity index (χ3v) is 3.48. The van der Waals surface area contributed by atoms with Crippen molar-refractivity contribution >= 4 is 11.9 Å². The molecule has 5 heteroatoms. The first kappa shape index (κ1) is 15.2. The third-order valence-electron chi connectivity index (χ3n) is 3.48. The summed E-state index contributed by atoms with van der Waals surface area (Å²) >= 11 is 0. The number of carbonyl (C=O) groups is 2. The second-order valence-corrected chi connectivity index (χ2v) is 5.30. The topological polar surface area (TPSA) is 83.6 Å². The Labute approximate surface area is 113 Å². The largest absolute Gasteiger partial charge is 0.480 e. The number of likely N-dealkylation sites (N-methyl/N-ethyl adjacent to an activating group) is 1. The van der Waals surface area contributed by atoms with Gasteiger partial charge in [0.2, 0.25) is 5.91 Å². The molecule has 0 aliphatic rings. The molecule has 104 valence electrons. The van der Waals surface area contributed by atoms with Crippen LogP contribution in [0.2, 0.25) is 0 Å². The maximum atomic E-state index is 12.5. The number of rotatable bonds is 4. The third kappa shape index (κ3) is 2.76. The molecule has 0 aliphatic carbocycles. The summed E-state index contributed by atoms with van der Waals surface area (Å²) in [5.41, 5.74) is 4.17. The van der Waals surface area contributed by atoms with Crippen molar-refractivity contribution in [2.24, 2.45) is 5.73 Å². The molecule has 0 heterocycles. The highest BCUT2D eigenvalue weighted by Gasteiger charge is 2.42. The van der Waals surface area contributed by atoms with E-state index >= 15 is 0 Å². The lowest BCUT2D eigenvalue weighted by molar-refractivity contribution is -0.157. The van der Waals surface area contributed by atoms with E-state index in [2.05, 4.69) is 0 Å². The molecule has 1 atom stereocenters. The van der Waals surface area contributed by atoms with Crippen molar-refractivity contribution in [2.75, 3.05) is 7.05 Å². The lowest BCUT2D eigenvalue weighted by Gasteiger charge is -2.37. The zero-order valence-corrected chi connectivity index (χ0v) is 11.7. The van der Waals surface area contributed by atoms with Crippen LogP contribution in [0.1, 0.15) is 26.3 Å². The number of carboxylic acids is 1. The SMILES string of the molecule is CN(C(=O)C(C)(N)c1ccccc1)C(C)(C)C(=O)O. The molecule has 1 aromatic rings. The van der Waals surface area contributed by atoms with Gasteiger partial charge in [0.05, 0.1) is 0 Å². The summed E-state index contributed by atoms with van der Waals surface area (Å²) in [5, 5.41) is 9.16. The van der Waals surface area contributed by atoms with Gasteiger partial charge >= 0.3 is 5.97 Å². The Hall–Kier alpha value is -1.88. The fraction of sp³-hybridized carbons (Fsp3) is 0.429. The summed E-state index contributed by atoms with van der Waals surface area (Å²) < 4.78 is 0. The molecule has 3 N–H and O–H groups in total. The predicted molar refractivity (Wildman–Crippen MR) is 72.5 cm³/mol. The normalized spacial score (nSPS) is 14.6. The van der Waals surface area contributed by atoms with Crippen molar-refractivity contribution in [3.63, 3.8) is 0 Å². The summed E-state index contributed by atoms with van der Waals surface area (Å²) in [6, 6.07) is 8.90. The van der Waals surface area contributed by atoms with Gasteiger partial charge in [-0.25, -0.2) is 4.79 Å². The minimum Gasteiger partial charge on any atom is -0.480 e. The van der Waals surface area contributed by atoms with Gasteiger partial charge in [0.25, 0.3) is 0 Å². The highest BCUT2D eigenvalue weighted by Crippen LogP contribution is 2.24. The number of hydrogen-bond donors (Lipinski definition) is 2. The van der Waals surface area contributed by atoms with E-state index in [-0.39, 0.29) is 0 Å². The van der Waals surface area contributed by atoms with Crippen molar-refractivity contribution in [3.05, 3.63) is 35.9 Å². The number of benzene rings is 1. The van der Waals surface area contributed by atoms with Crippen molar-refractivity contribution < 1.29 is 14.7 Å². The number of carboxylic acid groups (broad SMARTS) is 1. The van der Waals surface area contributed by atoms with Gasteiger partial charge in [-0.3, -0.25) is 4.79 Å². The molecular formula is C14H20N2O3. The van der Waals surface area contributed by atoms with E-state index in [0.717, 1.165) is 0 Å². The maximum absolute atomic E-state index is 12.5. The highest BCUT2D eigenvalue weighted by atomic mass is 16.4. The van der Waals surface area contributed by atoms with E-state index < -0.39 is 23.0 Å². The van der Waals surface area contributed by atoms with E-state index in [1.807, 2.05) is 6.07 Å². The van der Waals surface area contributed by atoms with E-state index in [0.29, 0.717) is 5.56 Å². The van der Waals surface area contributed by atoms with Crippen LogP contribution in [0, 0.1) is 0 Å². The molecule has 1 amide bonds. The molecule has 0 radical (unpaired) electrons. The molecule has 0 aromatic heterocycles. The lowest BCUT2D eigenvalue weighted by atomic mass is 9.89. The van der Waals surface area contributed by atoms with Gasteiger partial charge in [-0.1, -0.05) is 30.3 Å². The number of aliphatic carboxylic acids is 1. The van der Waals surface area contributed by atoms with Crippen molar-refractivity contribution in [1.82, 2.24) is 4.90 Å². The van der Waals surface area contributed by atoms with Crippen LogP contribution in [0.5, 0.6) is 0 Å². The van der Waals surface area contributed by atoms with Crippen LogP contribution in [0.3, 0.4) is 0 Å². The standard InChI is InChI=1S/C14H20N2O3/c1-13(2,12(18)19)16(4)11(17)14(3,15)10-8-6-5-7-9-10/h5-9H,15H2,1-4H3,(H,18,19). The number of nitrogens with zero attached hydrogens (tertiary/aromatic N) is 1. The Balaban J connectivity index is 3.10. The predicted octanol–water partition coefficient (Wildman–Crippen LogP) is 1.18. The van der Waals surface area contributed by atoms with Crippen LogP contribution in [0.25, 0.3) is 0 Å². The zero-order valence-electron chi connectivity index (χ0n) is 11.7. The average molecular weight is 264 g/mol. The molecule has 5 nitrogen and oxygen atoms in total. The molecule has 19 heavy (non-hydrogen) atoms. The first-order valence-electron chi connectivity index (χ1n) is 5.98. The summed E-state index contributed by atoms with van der Waals surface area (Å²) in [6.07, 6.45) is 0. The van der Waals surface area contributed by atoms with E-state index in [1.54, 1.807) is 31.2 Å². The van der Waals surface area contributed by atoms with Crippen molar-refractivity contribution in [1.29, 1.82) is 0 Å². The smallest absolute Gasteiger partial charge is 0.329 e. The Morgan fingerprint density at radius 1 is 1.16 bits per heavy atom.